The van der Waals surface area contributed by atoms with E-state index >= 15 is 0 Å². The summed E-state index contributed by atoms with van der Waals surface area (Å²) in [6.07, 6.45) is 7.87. The average molecular weight is 343 g/mol. The van der Waals surface area contributed by atoms with Gasteiger partial charge >= 0.3 is 0 Å². The van der Waals surface area contributed by atoms with Gasteiger partial charge in [-0.25, -0.2) is 9.97 Å². The second-order valence-corrected chi connectivity index (χ2v) is 6.21. The molecule has 0 bridgehead atoms. The van der Waals surface area contributed by atoms with Crippen LogP contribution in [0.15, 0.2) is 0 Å². The standard InChI is InChI=1S/C13H18IN3/c1-15-13-10(14)11(8-4-2-3-5-8)16-12(17-13)9-6-7-9/h8-9H,2-7H2,1H3,(H,15,16,17). The van der Waals surface area contributed by atoms with Crippen LogP contribution < -0.4 is 5.32 Å². The van der Waals surface area contributed by atoms with Crippen molar-refractivity contribution in [2.75, 3.05) is 12.4 Å². The highest BCUT2D eigenvalue weighted by molar-refractivity contribution is 14.1. The van der Waals surface area contributed by atoms with Crippen molar-refractivity contribution in [1.29, 1.82) is 0 Å². The molecular formula is C13H18IN3. The van der Waals surface area contributed by atoms with E-state index in [0.29, 0.717) is 11.8 Å². The summed E-state index contributed by atoms with van der Waals surface area (Å²) in [7, 11) is 1.96. The Hall–Kier alpha value is -0.390. The molecular weight excluding hydrogens is 325 g/mol. The minimum atomic E-state index is 0.638. The fourth-order valence-electron chi connectivity index (χ4n) is 2.64. The van der Waals surface area contributed by atoms with Gasteiger partial charge in [0.25, 0.3) is 0 Å². The van der Waals surface area contributed by atoms with E-state index in [1.807, 2.05) is 7.05 Å². The summed E-state index contributed by atoms with van der Waals surface area (Å²) in [5.41, 5.74) is 1.31. The number of hydrogen-bond acceptors (Lipinski definition) is 3. The van der Waals surface area contributed by atoms with Gasteiger partial charge in [0.2, 0.25) is 0 Å². The van der Waals surface area contributed by atoms with Gasteiger partial charge in [-0.2, -0.15) is 0 Å². The van der Waals surface area contributed by atoms with Gasteiger partial charge in [0.1, 0.15) is 11.6 Å². The van der Waals surface area contributed by atoms with Crippen LogP contribution in [0.3, 0.4) is 0 Å². The maximum absolute atomic E-state index is 4.87. The number of halogens is 1. The van der Waals surface area contributed by atoms with Crippen molar-refractivity contribution in [3.63, 3.8) is 0 Å². The first kappa shape index (κ1) is 11.7. The predicted octanol–water partition coefficient (Wildman–Crippen LogP) is 3.66. The molecule has 3 rings (SSSR count). The Bertz CT molecular complexity index is 423. The Kier molecular flexibility index (Phi) is 3.23. The SMILES string of the molecule is CNc1nc(C2CC2)nc(C2CCCC2)c1I. The Morgan fingerprint density at radius 1 is 1.06 bits per heavy atom. The molecule has 0 radical (unpaired) electrons. The molecule has 17 heavy (non-hydrogen) atoms. The van der Waals surface area contributed by atoms with Crippen LogP contribution in [0, 0.1) is 3.57 Å². The fraction of sp³-hybridized carbons (Fsp3) is 0.692. The van der Waals surface area contributed by atoms with Crippen molar-refractivity contribution in [1.82, 2.24) is 9.97 Å². The zero-order valence-corrected chi connectivity index (χ0v) is 12.3. The molecule has 2 saturated carbocycles. The first-order chi connectivity index (χ1) is 8.29. The molecule has 1 aromatic heterocycles. The maximum Gasteiger partial charge on any atom is 0.143 e. The number of aromatic nitrogens is 2. The molecule has 2 fully saturated rings. The molecule has 92 valence electrons. The lowest BCUT2D eigenvalue weighted by Gasteiger charge is -2.15. The highest BCUT2D eigenvalue weighted by Gasteiger charge is 2.30. The Morgan fingerprint density at radius 3 is 2.35 bits per heavy atom. The molecule has 2 aliphatic carbocycles. The van der Waals surface area contributed by atoms with Crippen molar-refractivity contribution in [2.24, 2.45) is 0 Å². The molecule has 1 N–H and O–H groups in total. The third kappa shape index (κ3) is 2.28. The van der Waals surface area contributed by atoms with Gasteiger partial charge in [0.05, 0.1) is 9.26 Å². The van der Waals surface area contributed by atoms with Crippen LogP contribution in [0.25, 0.3) is 0 Å². The molecule has 0 amide bonds. The van der Waals surface area contributed by atoms with Crippen LogP contribution in [-0.2, 0) is 0 Å². The number of nitrogens with one attached hydrogen (secondary N) is 1. The Morgan fingerprint density at radius 2 is 1.76 bits per heavy atom. The third-order valence-corrected chi connectivity index (χ3v) is 4.88. The van der Waals surface area contributed by atoms with Crippen molar-refractivity contribution in [3.05, 3.63) is 15.1 Å². The number of rotatable bonds is 3. The third-order valence-electron chi connectivity index (χ3n) is 3.82. The molecule has 1 heterocycles. The summed E-state index contributed by atoms with van der Waals surface area (Å²) >= 11 is 2.40. The van der Waals surface area contributed by atoms with Crippen molar-refractivity contribution >= 4 is 28.4 Å². The highest BCUT2D eigenvalue weighted by atomic mass is 127. The van der Waals surface area contributed by atoms with Crippen LogP contribution in [0.5, 0.6) is 0 Å². The summed E-state index contributed by atoms with van der Waals surface area (Å²) in [5.74, 6) is 3.43. The molecule has 0 aliphatic heterocycles. The van der Waals surface area contributed by atoms with E-state index in [1.54, 1.807) is 0 Å². The number of nitrogens with zero attached hydrogens (tertiary/aromatic N) is 2. The highest BCUT2D eigenvalue weighted by Crippen LogP contribution is 2.42. The van der Waals surface area contributed by atoms with E-state index in [2.05, 4.69) is 32.9 Å². The van der Waals surface area contributed by atoms with Gasteiger partial charge in [-0.3, -0.25) is 0 Å². The normalized spacial score (nSPS) is 20.8. The van der Waals surface area contributed by atoms with Gasteiger partial charge in [-0.05, 0) is 48.3 Å². The topological polar surface area (TPSA) is 37.8 Å². The van der Waals surface area contributed by atoms with Crippen molar-refractivity contribution < 1.29 is 0 Å². The van der Waals surface area contributed by atoms with E-state index in [1.165, 1.54) is 47.8 Å². The molecule has 1 aromatic rings. The van der Waals surface area contributed by atoms with Crippen molar-refractivity contribution in [3.8, 4) is 0 Å². The van der Waals surface area contributed by atoms with Gasteiger partial charge < -0.3 is 5.32 Å². The largest absolute Gasteiger partial charge is 0.372 e. The number of hydrogen-bond donors (Lipinski definition) is 1. The minimum absolute atomic E-state index is 0.638. The molecule has 0 aromatic carbocycles. The lowest BCUT2D eigenvalue weighted by Crippen LogP contribution is -2.09. The Labute approximate surface area is 116 Å². The van der Waals surface area contributed by atoms with E-state index in [4.69, 9.17) is 4.98 Å². The van der Waals surface area contributed by atoms with E-state index < -0.39 is 0 Å². The average Bonchev–Trinajstić information content (AvgIpc) is 3.05. The van der Waals surface area contributed by atoms with Crippen molar-refractivity contribution in [2.45, 2.75) is 50.4 Å². The number of anilines is 1. The molecule has 3 nitrogen and oxygen atoms in total. The first-order valence-corrected chi connectivity index (χ1v) is 7.62. The molecule has 4 heteroatoms. The molecule has 0 unspecified atom stereocenters. The smallest absolute Gasteiger partial charge is 0.143 e. The monoisotopic (exact) mass is 343 g/mol. The second-order valence-electron chi connectivity index (χ2n) is 5.14. The summed E-state index contributed by atoms with van der Waals surface area (Å²) in [4.78, 5) is 9.52. The molecule has 0 atom stereocenters. The zero-order valence-electron chi connectivity index (χ0n) is 10.2. The summed E-state index contributed by atoms with van der Waals surface area (Å²) in [6.45, 7) is 0. The fourth-order valence-corrected chi connectivity index (χ4v) is 3.59. The van der Waals surface area contributed by atoms with Crippen LogP contribution >= 0.6 is 22.6 Å². The molecule has 0 saturated heterocycles. The van der Waals surface area contributed by atoms with E-state index in [9.17, 15) is 0 Å². The van der Waals surface area contributed by atoms with Crippen LogP contribution in [0.1, 0.15) is 61.9 Å². The first-order valence-electron chi connectivity index (χ1n) is 6.54. The lowest BCUT2D eigenvalue weighted by atomic mass is 10.0. The van der Waals surface area contributed by atoms with Crippen LogP contribution in [-0.4, -0.2) is 17.0 Å². The predicted molar refractivity (Wildman–Crippen MR) is 77.5 cm³/mol. The van der Waals surface area contributed by atoms with E-state index in [0.717, 1.165) is 11.6 Å². The zero-order chi connectivity index (χ0) is 11.8. The van der Waals surface area contributed by atoms with Gasteiger partial charge in [0, 0.05) is 18.9 Å². The summed E-state index contributed by atoms with van der Waals surface area (Å²) in [5, 5.41) is 3.22. The summed E-state index contributed by atoms with van der Waals surface area (Å²) < 4.78 is 1.24. The quantitative estimate of drug-likeness (QED) is 0.852. The van der Waals surface area contributed by atoms with Crippen LogP contribution in [0.2, 0.25) is 0 Å². The Balaban J connectivity index is 2.01. The van der Waals surface area contributed by atoms with Gasteiger partial charge in [-0.15, -0.1) is 0 Å². The van der Waals surface area contributed by atoms with E-state index in [-0.39, 0.29) is 0 Å². The molecule has 2 aliphatic rings. The lowest BCUT2D eigenvalue weighted by molar-refractivity contribution is 0.679. The molecule has 0 spiro atoms. The summed E-state index contributed by atoms with van der Waals surface area (Å²) in [6, 6.07) is 0. The minimum Gasteiger partial charge on any atom is -0.372 e. The second kappa shape index (κ2) is 4.71. The van der Waals surface area contributed by atoms with Gasteiger partial charge in [-0.1, -0.05) is 12.8 Å². The van der Waals surface area contributed by atoms with Gasteiger partial charge in [0.15, 0.2) is 0 Å². The maximum atomic E-state index is 4.87. The van der Waals surface area contributed by atoms with Crippen LogP contribution in [0.4, 0.5) is 5.82 Å².